The molecule has 0 saturated carbocycles. The maximum Gasteiger partial charge on any atom is 0.401 e. The van der Waals surface area contributed by atoms with E-state index in [1.807, 2.05) is 0 Å². The zero-order chi connectivity index (χ0) is 13.0. The molecule has 5 heteroatoms. The number of hydrogen-bond acceptors (Lipinski definition) is 2. The highest BCUT2D eigenvalue weighted by molar-refractivity contribution is 4.92. The van der Waals surface area contributed by atoms with E-state index in [1.165, 1.54) is 4.90 Å². The molecule has 0 spiro atoms. The van der Waals surface area contributed by atoms with E-state index in [1.54, 1.807) is 27.7 Å². The van der Waals surface area contributed by atoms with Gasteiger partial charge in [0.25, 0.3) is 0 Å². The van der Waals surface area contributed by atoms with Gasteiger partial charge in [0.15, 0.2) is 0 Å². The Hall–Kier alpha value is -0.760. The van der Waals surface area contributed by atoms with E-state index in [-0.39, 0.29) is 12.6 Å². The van der Waals surface area contributed by atoms with Crippen molar-refractivity contribution in [3.63, 3.8) is 0 Å². The third kappa shape index (κ3) is 6.67. The molecule has 0 aromatic heterocycles. The second-order valence-electron chi connectivity index (χ2n) is 4.93. The molecule has 16 heavy (non-hydrogen) atoms. The molecule has 0 aromatic rings. The maximum atomic E-state index is 12.3. The molecular formula is C11H19F3N2. The van der Waals surface area contributed by atoms with Gasteiger partial charge in [-0.05, 0) is 34.1 Å². The molecule has 0 radical (unpaired) electrons. The minimum Gasteiger partial charge on any atom is -0.293 e. The zero-order valence-electron chi connectivity index (χ0n) is 10.2. The second kappa shape index (κ2) is 5.53. The number of nitriles is 1. The number of hydrogen-bond donors (Lipinski definition) is 0. The van der Waals surface area contributed by atoms with Gasteiger partial charge in [-0.25, -0.2) is 0 Å². The third-order valence-electron chi connectivity index (χ3n) is 2.44. The van der Waals surface area contributed by atoms with Gasteiger partial charge in [-0.3, -0.25) is 4.90 Å². The lowest BCUT2D eigenvalue weighted by Gasteiger charge is -2.29. The largest absolute Gasteiger partial charge is 0.401 e. The molecule has 94 valence electrons. The van der Waals surface area contributed by atoms with Crippen LogP contribution >= 0.6 is 0 Å². The number of halogens is 3. The molecule has 0 amide bonds. The standard InChI is InChI=1S/C11H19F3N2/c1-9(2)16(8-11(12,13)14)6-5-10(3,4)7-15/h9H,5-6,8H2,1-4H3. The molecule has 0 bridgehead atoms. The Labute approximate surface area is 95.0 Å². The highest BCUT2D eigenvalue weighted by Crippen LogP contribution is 2.22. The predicted molar refractivity (Wildman–Crippen MR) is 56.8 cm³/mol. The van der Waals surface area contributed by atoms with Crippen molar-refractivity contribution in [2.45, 2.75) is 46.3 Å². The fourth-order valence-electron chi connectivity index (χ4n) is 1.23. The van der Waals surface area contributed by atoms with Gasteiger partial charge in [0, 0.05) is 12.6 Å². The molecule has 0 N–H and O–H groups in total. The normalized spacial score (nSPS) is 13.2. The van der Waals surface area contributed by atoms with Crippen LogP contribution in [-0.2, 0) is 0 Å². The number of nitrogens with zero attached hydrogens (tertiary/aromatic N) is 2. The van der Waals surface area contributed by atoms with E-state index in [0.717, 1.165) is 0 Å². The van der Waals surface area contributed by atoms with Crippen LogP contribution in [0.5, 0.6) is 0 Å². The molecule has 0 unspecified atom stereocenters. The monoisotopic (exact) mass is 236 g/mol. The van der Waals surface area contributed by atoms with Crippen LogP contribution in [0.15, 0.2) is 0 Å². The van der Waals surface area contributed by atoms with Crippen molar-refractivity contribution in [3.8, 4) is 6.07 Å². The van der Waals surface area contributed by atoms with Gasteiger partial charge < -0.3 is 0 Å². The van der Waals surface area contributed by atoms with E-state index in [0.29, 0.717) is 6.42 Å². The Morgan fingerprint density at radius 2 is 1.75 bits per heavy atom. The molecule has 2 nitrogen and oxygen atoms in total. The number of rotatable bonds is 5. The average molecular weight is 236 g/mol. The molecule has 0 rings (SSSR count). The summed E-state index contributed by atoms with van der Waals surface area (Å²) in [5.74, 6) is 0. The lowest BCUT2D eigenvalue weighted by atomic mass is 9.91. The summed E-state index contributed by atoms with van der Waals surface area (Å²) >= 11 is 0. The summed E-state index contributed by atoms with van der Waals surface area (Å²) in [4.78, 5) is 1.35. The summed E-state index contributed by atoms with van der Waals surface area (Å²) in [5.41, 5.74) is -0.571. The van der Waals surface area contributed by atoms with Gasteiger partial charge in [-0.2, -0.15) is 18.4 Å². The average Bonchev–Trinajstić information content (AvgIpc) is 2.10. The highest BCUT2D eigenvalue weighted by Gasteiger charge is 2.32. The molecule has 0 aliphatic heterocycles. The molecule has 0 aliphatic carbocycles. The van der Waals surface area contributed by atoms with Crippen LogP contribution in [-0.4, -0.2) is 30.2 Å². The highest BCUT2D eigenvalue weighted by atomic mass is 19.4. The molecule has 0 heterocycles. The fraction of sp³-hybridized carbons (Fsp3) is 0.909. The molecule has 0 aliphatic rings. The van der Waals surface area contributed by atoms with E-state index in [4.69, 9.17) is 5.26 Å². The molecule has 0 fully saturated rings. The zero-order valence-corrected chi connectivity index (χ0v) is 10.2. The minimum atomic E-state index is -4.18. The predicted octanol–water partition coefficient (Wildman–Crippen LogP) is 3.20. The Balaban J connectivity index is 4.33. The maximum absolute atomic E-state index is 12.3. The Kier molecular flexibility index (Phi) is 5.27. The third-order valence-corrected chi connectivity index (χ3v) is 2.44. The van der Waals surface area contributed by atoms with E-state index in [9.17, 15) is 13.2 Å². The summed E-state index contributed by atoms with van der Waals surface area (Å²) in [7, 11) is 0. The molecule has 0 saturated heterocycles. The minimum absolute atomic E-state index is 0.170. The van der Waals surface area contributed by atoms with E-state index in [2.05, 4.69) is 6.07 Å². The first kappa shape index (κ1) is 15.2. The summed E-state index contributed by atoms with van der Waals surface area (Å²) in [6.07, 6.45) is -3.74. The smallest absolute Gasteiger partial charge is 0.293 e. The lowest BCUT2D eigenvalue weighted by Crippen LogP contribution is -2.40. The van der Waals surface area contributed by atoms with Crippen molar-refractivity contribution in [3.05, 3.63) is 0 Å². The van der Waals surface area contributed by atoms with E-state index < -0.39 is 18.1 Å². The SMILES string of the molecule is CC(C)N(CCC(C)(C)C#N)CC(F)(F)F. The van der Waals surface area contributed by atoms with Gasteiger partial charge in [-0.15, -0.1) is 0 Å². The fourth-order valence-corrected chi connectivity index (χ4v) is 1.23. The first-order chi connectivity index (χ1) is 7.07. The Bertz CT molecular complexity index is 251. The number of alkyl halides is 3. The summed E-state index contributed by atoms with van der Waals surface area (Å²) < 4.78 is 36.8. The van der Waals surface area contributed by atoms with Gasteiger partial charge in [0.2, 0.25) is 0 Å². The van der Waals surface area contributed by atoms with Crippen LogP contribution in [0.1, 0.15) is 34.1 Å². The first-order valence-corrected chi connectivity index (χ1v) is 5.29. The summed E-state index contributed by atoms with van der Waals surface area (Å²) in [6, 6.07) is 1.92. The van der Waals surface area contributed by atoms with Crippen molar-refractivity contribution in [1.82, 2.24) is 4.90 Å². The molecule has 0 aromatic carbocycles. The summed E-state index contributed by atoms with van der Waals surface area (Å²) in [5, 5.41) is 8.79. The van der Waals surface area contributed by atoms with E-state index >= 15 is 0 Å². The van der Waals surface area contributed by atoms with Crippen molar-refractivity contribution < 1.29 is 13.2 Å². The second-order valence-corrected chi connectivity index (χ2v) is 4.93. The molecule has 0 atom stereocenters. The van der Waals surface area contributed by atoms with Crippen LogP contribution in [0, 0.1) is 16.7 Å². The van der Waals surface area contributed by atoms with Crippen LogP contribution in [0.3, 0.4) is 0 Å². The van der Waals surface area contributed by atoms with Gasteiger partial charge in [0.05, 0.1) is 18.0 Å². The molecular weight excluding hydrogens is 217 g/mol. The first-order valence-electron chi connectivity index (χ1n) is 5.29. The van der Waals surface area contributed by atoms with Crippen molar-refractivity contribution >= 4 is 0 Å². The van der Waals surface area contributed by atoms with Crippen LogP contribution < -0.4 is 0 Å². The van der Waals surface area contributed by atoms with Crippen LogP contribution in [0.25, 0.3) is 0 Å². The van der Waals surface area contributed by atoms with Gasteiger partial charge in [-0.1, -0.05) is 0 Å². The van der Waals surface area contributed by atoms with Crippen LogP contribution in [0.4, 0.5) is 13.2 Å². The van der Waals surface area contributed by atoms with Crippen molar-refractivity contribution in [2.24, 2.45) is 5.41 Å². The van der Waals surface area contributed by atoms with Crippen molar-refractivity contribution in [2.75, 3.05) is 13.1 Å². The van der Waals surface area contributed by atoms with Crippen molar-refractivity contribution in [1.29, 1.82) is 5.26 Å². The Morgan fingerprint density at radius 1 is 1.25 bits per heavy atom. The van der Waals surface area contributed by atoms with Gasteiger partial charge >= 0.3 is 6.18 Å². The topological polar surface area (TPSA) is 27.0 Å². The summed E-state index contributed by atoms with van der Waals surface area (Å²) in [6.45, 7) is 6.30. The van der Waals surface area contributed by atoms with Gasteiger partial charge in [0.1, 0.15) is 0 Å². The van der Waals surface area contributed by atoms with Crippen LogP contribution in [0.2, 0.25) is 0 Å². The quantitative estimate of drug-likeness (QED) is 0.733. The Morgan fingerprint density at radius 3 is 2.06 bits per heavy atom. The lowest BCUT2D eigenvalue weighted by molar-refractivity contribution is -0.150.